The van der Waals surface area contributed by atoms with Crippen LogP contribution < -0.4 is 0 Å². The maximum atomic E-state index is 9.44. The van der Waals surface area contributed by atoms with Gasteiger partial charge in [-0.05, 0) is 29.8 Å². The molecule has 5 atom stereocenters. The number of halogens is 1. The van der Waals surface area contributed by atoms with Crippen LogP contribution in [0.1, 0.15) is 13.8 Å². The van der Waals surface area contributed by atoms with E-state index in [1.54, 1.807) is 0 Å². The van der Waals surface area contributed by atoms with Crippen LogP contribution in [0, 0.1) is 0 Å². The van der Waals surface area contributed by atoms with Gasteiger partial charge < -0.3 is 35.1 Å². The molecule has 1 rings (SSSR count). The van der Waals surface area contributed by atoms with Crippen molar-refractivity contribution in [2.75, 3.05) is 6.61 Å². The Morgan fingerprint density at radius 1 is 1.29 bits per heavy atom. The van der Waals surface area contributed by atoms with E-state index in [0.717, 1.165) is 0 Å². The Morgan fingerprint density at radius 2 is 1.71 bits per heavy atom. The number of hydrogen-bond donors (Lipinski definition) is 5. The fourth-order valence-corrected chi connectivity index (χ4v) is 1.63. The van der Waals surface area contributed by atoms with Gasteiger partial charge in [-0.15, -0.1) is 0 Å². The highest BCUT2D eigenvalue weighted by Gasteiger charge is 2.51. The Kier molecular flexibility index (Phi) is 6.70. The minimum atomic E-state index is -2.14. The summed E-state index contributed by atoms with van der Waals surface area (Å²) in [6, 6.07) is 0. The van der Waals surface area contributed by atoms with Crippen molar-refractivity contribution in [1.82, 2.24) is 0 Å². The van der Waals surface area contributed by atoms with Crippen molar-refractivity contribution in [1.29, 1.82) is 0 Å². The Bertz CT molecular complexity index is 252. The maximum absolute atomic E-state index is 9.44. The zero-order valence-electron chi connectivity index (χ0n) is 9.45. The predicted octanol–water partition coefficient (Wildman–Crippen LogP) is -1.90. The molecule has 0 aromatic rings. The lowest BCUT2D eigenvalue weighted by Crippen LogP contribution is -2.62. The highest BCUT2D eigenvalue weighted by molar-refractivity contribution is 9.10. The minimum Gasteiger partial charge on any atom is -0.394 e. The summed E-state index contributed by atoms with van der Waals surface area (Å²) in [6.45, 7) is 2.48. The van der Waals surface area contributed by atoms with E-state index in [-0.39, 0.29) is 5.78 Å². The third-order valence-corrected chi connectivity index (χ3v) is 2.57. The summed E-state index contributed by atoms with van der Waals surface area (Å²) in [4.78, 5) is 9.44. The second kappa shape index (κ2) is 6.74. The lowest BCUT2D eigenvalue weighted by atomic mass is 9.99. The van der Waals surface area contributed by atoms with Crippen LogP contribution in [0.4, 0.5) is 0 Å². The highest BCUT2D eigenvalue weighted by atomic mass is 79.9. The van der Waals surface area contributed by atoms with E-state index in [2.05, 4.69) is 20.7 Å². The standard InChI is InChI=1S/C6H11BrO6.C3H6O/c7-6(12)5(11)4(10)3(9)2(1-8)13-6;1-3(2)4/h2-5,8-12H,1H2;1-2H3/t2-,3-,4+,5-,6-;/m1./s1. The molecular weight excluding hydrogens is 300 g/mol. The molecule has 0 amide bonds. The molecule has 8 heteroatoms. The van der Waals surface area contributed by atoms with Gasteiger partial charge in [0, 0.05) is 0 Å². The summed E-state index contributed by atoms with van der Waals surface area (Å²) >= 11 is 2.61. The number of ketones is 1. The van der Waals surface area contributed by atoms with Crippen molar-refractivity contribution in [3.63, 3.8) is 0 Å². The van der Waals surface area contributed by atoms with Crippen LogP contribution in [-0.2, 0) is 9.53 Å². The molecule has 1 heterocycles. The summed E-state index contributed by atoms with van der Waals surface area (Å²) in [5.41, 5.74) is 0. The number of alkyl halides is 1. The van der Waals surface area contributed by atoms with Crippen LogP contribution >= 0.6 is 15.9 Å². The molecule has 1 saturated heterocycles. The molecule has 0 spiro atoms. The maximum Gasteiger partial charge on any atom is 0.254 e. The monoisotopic (exact) mass is 316 g/mol. The Hall–Kier alpha value is -0.0900. The summed E-state index contributed by atoms with van der Waals surface area (Å²) in [6.07, 6.45) is -5.82. The van der Waals surface area contributed by atoms with Crippen molar-refractivity contribution < 1.29 is 35.1 Å². The van der Waals surface area contributed by atoms with Gasteiger partial charge in [0.05, 0.1) is 6.61 Å². The Balaban J connectivity index is 0.000000557. The summed E-state index contributed by atoms with van der Waals surface area (Å²) in [7, 11) is 0. The van der Waals surface area contributed by atoms with Crippen LogP contribution in [0.3, 0.4) is 0 Å². The number of rotatable bonds is 1. The number of Topliss-reactive ketones (excluding diaryl/α,β-unsaturated/α-hetero) is 1. The first-order valence-corrected chi connectivity index (χ1v) is 5.64. The quantitative estimate of drug-likeness (QED) is 0.357. The van der Waals surface area contributed by atoms with Gasteiger partial charge in [-0.3, -0.25) is 0 Å². The van der Waals surface area contributed by atoms with Gasteiger partial charge in [-0.1, -0.05) is 0 Å². The number of carbonyl (C=O) groups excluding carboxylic acids is 1. The molecule has 0 aromatic carbocycles. The number of hydrogen-bond acceptors (Lipinski definition) is 7. The molecule has 0 unspecified atom stereocenters. The molecule has 17 heavy (non-hydrogen) atoms. The van der Waals surface area contributed by atoms with Gasteiger partial charge in [0.1, 0.15) is 30.2 Å². The van der Waals surface area contributed by atoms with Crippen LogP contribution in [0.25, 0.3) is 0 Å². The van der Waals surface area contributed by atoms with Gasteiger partial charge >= 0.3 is 0 Å². The van der Waals surface area contributed by atoms with Crippen LogP contribution in [0.15, 0.2) is 0 Å². The van der Waals surface area contributed by atoms with Gasteiger partial charge in [-0.2, -0.15) is 0 Å². The summed E-state index contributed by atoms with van der Waals surface area (Å²) in [5, 5.41) is 45.6. The van der Waals surface area contributed by atoms with Gasteiger partial charge in [0.15, 0.2) is 0 Å². The van der Waals surface area contributed by atoms with Gasteiger partial charge in [-0.25, -0.2) is 0 Å². The minimum absolute atomic E-state index is 0.167. The molecule has 0 radical (unpaired) electrons. The Labute approximate surface area is 107 Å². The second-order valence-corrected chi connectivity index (χ2v) is 4.92. The molecule has 0 aliphatic carbocycles. The first-order chi connectivity index (χ1) is 7.63. The van der Waals surface area contributed by atoms with Gasteiger partial charge in [0.2, 0.25) is 0 Å². The average molecular weight is 317 g/mol. The van der Waals surface area contributed by atoms with E-state index >= 15 is 0 Å². The summed E-state index contributed by atoms with van der Waals surface area (Å²) < 4.78 is 2.54. The SMILES string of the molecule is CC(C)=O.OC[C@H]1O[C@@](O)(Br)[C@H](O)[C@@H](O)[C@@H]1O. The van der Waals surface area contributed by atoms with Crippen LogP contribution in [0.2, 0.25) is 0 Å². The smallest absolute Gasteiger partial charge is 0.254 e. The van der Waals surface area contributed by atoms with Crippen molar-refractivity contribution in [3.8, 4) is 0 Å². The lowest BCUT2D eigenvalue weighted by Gasteiger charge is -2.42. The zero-order chi connectivity index (χ0) is 13.8. The largest absolute Gasteiger partial charge is 0.394 e. The fourth-order valence-electron chi connectivity index (χ4n) is 1.11. The van der Waals surface area contributed by atoms with Crippen molar-refractivity contribution in [2.24, 2.45) is 0 Å². The topological polar surface area (TPSA) is 127 Å². The first kappa shape index (κ1) is 16.9. The van der Waals surface area contributed by atoms with Crippen molar-refractivity contribution in [3.05, 3.63) is 0 Å². The molecule has 0 aromatic heterocycles. The van der Waals surface area contributed by atoms with E-state index in [4.69, 9.17) is 5.11 Å². The van der Waals surface area contributed by atoms with Crippen molar-refractivity contribution in [2.45, 2.75) is 43.0 Å². The number of aliphatic hydroxyl groups excluding tert-OH is 4. The molecule has 1 fully saturated rings. The van der Waals surface area contributed by atoms with E-state index in [1.807, 2.05) is 0 Å². The highest BCUT2D eigenvalue weighted by Crippen LogP contribution is 2.32. The molecule has 1 aliphatic heterocycles. The molecule has 7 nitrogen and oxygen atoms in total. The molecule has 1 aliphatic rings. The van der Waals surface area contributed by atoms with E-state index in [9.17, 15) is 25.2 Å². The molecule has 0 saturated carbocycles. The van der Waals surface area contributed by atoms with E-state index in [1.165, 1.54) is 13.8 Å². The normalized spacial score (nSPS) is 41.4. The number of ether oxygens (including phenoxy) is 1. The zero-order valence-corrected chi connectivity index (χ0v) is 11.0. The second-order valence-electron chi connectivity index (χ2n) is 3.78. The van der Waals surface area contributed by atoms with Crippen LogP contribution in [-0.4, -0.2) is 67.0 Å². The van der Waals surface area contributed by atoms with E-state index < -0.39 is 35.7 Å². The first-order valence-electron chi connectivity index (χ1n) is 4.84. The third kappa shape index (κ3) is 4.96. The van der Waals surface area contributed by atoms with Gasteiger partial charge in [0.25, 0.3) is 4.70 Å². The van der Waals surface area contributed by atoms with Crippen LogP contribution in [0.5, 0.6) is 0 Å². The molecule has 5 N–H and O–H groups in total. The molecule has 102 valence electrons. The van der Waals surface area contributed by atoms with E-state index in [0.29, 0.717) is 0 Å². The third-order valence-electron chi connectivity index (χ3n) is 1.92. The summed E-state index contributed by atoms with van der Waals surface area (Å²) in [5.74, 6) is 0.167. The number of aliphatic hydroxyl groups is 5. The molecular formula is C9H17BrO7. The Morgan fingerprint density at radius 3 is 2.06 bits per heavy atom. The molecule has 0 bridgehead atoms. The average Bonchev–Trinajstić information content (AvgIpc) is 2.20. The lowest BCUT2D eigenvalue weighted by molar-refractivity contribution is -0.301. The van der Waals surface area contributed by atoms with Crippen molar-refractivity contribution >= 4 is 21.7 Å². The number of carbonyl (C=O) groups is 1. The fraction of sp³-hybridized carbons (Fsp3) is 0.889. The predicted molar refractivity (Wildman–Crippen MR) is 60.2 cm³/mol.